The first kappa shape index (κ1) is 20.9. The molecule has 7 nitrogen and oxygen atoms in total. The van der Waals surface area contributed by atoms with Crippen LogP contribution in [0.3, 0.4) is 0 Å². The van der Waals surface area contributed by atoms with Crippen LogP contribution in [-0.2, 0) is 10.0 Å². The van der Waals surface area contributed by atoms with Crippen LogP contribution < -0.4 is 4.72 Å². The molecule has 0 radical (unpaired) electrons. The van der Waals surface area contributed by atoms with Crippen LogP contribution in [0, 0.1) is 17.0 Å². The number of non-ortho nitro benzene ring substituents is 1. The zero-order chi connectivity index (χ0) is 21.7. The van der Waals surface area contributed by atoms with Crippen molar-refractivity contribution in [3.63, 3.8) is 0 Å². The molecule has 3 aromatic carbocycles. The average Bonchev–Trinajstić information content (AvgIpc) is 2.72. The number of para-hydroxylation sites is 1. The molecule has 0 atom stereocenters. The fourth-order valence-electron chi connectivity index (χ4n) is 2.68. The van der Waals surface area contributed by atoms with Gasteiger partial charge in [0.25, 0.3) is 15.7 Å². The maximum Gasteiger partial charge on any atom is 0.269 e. The average molecular weight is 422 g/mol. The third kappa shape index (κ3) is 4.98. The molecule has 3 rings (SSSR count). The van der Waals surface area contributed by atoms with Crippen molar-refractivity contribution >= 4 is 33.3 Å². The van der Waals surface area contributed by atoms with Crippen LogP contribution in [0.2, 0.25) is 0 Å². The number of hydrogen-bond acceptors (Lipinski definition) is 5. The van der Waals surface area contributed by atoms with Crippen molar-refractivity contribution in [3.05, 3.63) is 106 Å². The molecule has 0 amide bonds. The van der Waals surface area contributed by atoms with Crippen molar-refractivity contribution in [2.45, 2.75) is 11.8 Å². The maximum atomic E-state index is 12.7. The lowest BCUT2D eigenvalue weighted by Gasteiger charge is -2.11. The quantitative estimate of drug-likeness (QED) is 0.259. The summed E-state index contributed by atoms with van der Waals surface area (Å²) in [5.74, 6) is -0.407. The van der Waals surface area contributed by atoms with E-state index >= 15 is 0 Å². The second kappa shape index (κ2) is 8.71. The third-order valence-corrected chi connectivity index (χ3v) is 5.68. The van der Waals surface area contributed by atoms with Crippen molar-refractivity contribution in [2.75, 3.05) is 4.72 Å². The van der Waals surface area contributed by atoms with Gasteiger partial charge in [0.15, 0.2) is 5.78 Å². The molecule has 0 aliphatic carbocycles. The summed E-state index contributed by atoms with van der Waals surface area (Å²) in [6.45, 7) is 1.86. The van der Waals surface area contributed by atoms with Crippen LogP contribution in [-0.4, -0.2) is 19.1 Å². The van der Waals surface area contributed by atoms with Gasteiger partial charge in [0, 0.05) is 17.7 Å². The van der Waals surface area contributed by atoms with Crippen molar-refractivity contribution in [1.29, 1.82) is 0 Å². The summed E-state index contributed by atoms with van der Waals surface area (Å²) in [6.07, 6.45) is 2.80. The monoisotopic (exact) mass is 422 g/mol. The lowest BCUT2D eigenvalue weighted by Crippen LogP contribution is -2.15. The molecule has 3 aromatic rings. The highest BCUT2D eigenvalue weighted by atomic mass is 32.2. The topological polar surface area (TPSA) is 106 Å². The van der Waals surface area contributed by atoms with E-state index in [0.29, 0.717) is 5.56 Å². The summed E-state index contributed by atoms with van der Waals surface area (Å²) in [4.78, 5) is 23.0. The highest BCUT2D eigenvalue weighted by molar-refractivity contribution is 7.92. The van der Waals surface area contributed by atoms with Gasteiger partial charge in [-0.1, -0.05) is 35.9 Å². The number of hydrogen-bond donors (Lipinski definition) is 1. The molecule has 0 saturated carbocycles. The van der Waals surface area contributed by atoms with Crippen LogP contribution in [0.4, 0.5) is 11.4 Å². The van der Waals surface area contributed by atoms with Crippen LogP contribution >= 0.6 is 0 Å². The fraction of sp³-hybridized carbons (Fsp3) is 0.0455. The van der Waals surface area contributed by atoms with Crippen molar-refractivity contribution in [3.8, 4) is 0 Å². The number of anilines is 1. The van der Waals surface area contributed by atoms with Gasteiger partial charge in [-0.3, -0.25) is 19.6 Å². The summed E-state index contributed by atoms with van der Waals surface area (Å²) >= 11 is 0. The number of carbonyl (C=O) groups excluding carboxylic acids is 1. The Morgan fingerprint density at radius 2 is 1.60 bits per heavy atom. The minimum Gasteiger partial charge on any atom is -0.289 e. The number of nitro groups is 1. The molecule has 0 heterocycles. The Bertz CT molecular complexity index is 1220. The molecule has 0 spiro atoms. The van der Waals surface area contributed by atoms with E-state index in [9.17, 15) is 23.3 Å². The smallest absolute Gasteiger partial charge is 0.269 e. The fourth-order valence-corrected chi connectivity index (χ4v) is 3.76. The zero-order valence-corrected chi connectivity index (χ0v) is 16.8. The molecule has 152 valence electrons. The van der Waals surface area contributed by atoms with E-state index in [1.807, 2.05) is 6.92 Å². The molecule has 0 bridgehead atoms. The standard InChI is InChI=1S/C22H18N2O5S/c1-16-6-13-19(14-7-16)30(28,29)23-21-5-3-2-4-20(21)22(25)15-10-17-8-11-18(12-9-17)24(26)27/h2-15,23H,1H3/b15-10+. The number of nitro benzene ring substituents is 1. The molecule has 0 fully saturated rings. The SMILES string of the molecule is Cc1ccc(S(=O)(=O)Nc2ccccc2C(=O)/C=C/c2ccc([N+](=O)[O-])cc2)cc1. The van der Waals surface area contributed by atoms with Gasteiger partial charge in [0.05, 0.1) is 15.5 Å². The van der Waals surface area contributed by atoms with E-state index in [-0.39, 0.29) is 21.8 Å². The number of rotatable bonds is 7. The second-order valence-corrected chi connectivity index (χ2v) is 8.19. The molecular weight excluding hydrogens is 404 g/mol. The van der Waals surface area contributed by atoms with Gasteiger partial charge in [-0.2, -0.15) is 0 Å². The summed E-state index contributed by atoms with van der Waals surface area (Å²) < 4.78 is 27.8. The Labute approximate surface area is 173 Å². The largest absolute Gasteiger partial charge is 0.289 e. The number of nitrogens with zero attached hydrogens (tertiary/aromatic N) is 1. The zero-order valence-electron chi connectivity index (χ0n) is 16.0. The molecule has 0 unspecified atom stereocenters. The molecule has 1 N–H and O–H groups in total. The molecule has 30 heavy (non-hydrogen) atoms. The van der Waals surface area contributed by atoms with Gasteiger partial charge in [0.2, 0.25) is 0 Å². The summed E-state index contributed by atoms with van der Waals surface area (Å²) in [5.41, 5.74) is 1.84. The van der Waals surface area contributed by atoms with Gasteiger partial charge in [0.1, 0.15) is 0 Å². The van der Waals surface area contributed by atoms with Crippen LogP contribution in [0.15, 0.2) is 83.8 Å². The number of benzene rings is 3. The van der Waals surface area contributed by atoms with E-state index in [1.165, 1.54) is 60.7 Å². The highest BCUT2D eigenvalue weighted by Crippen LogP contribution is 2.22. The van der Waals surface area contributed by atoms with E-state index < -0.39 is 20.7 Å². The van der Waals surface area contributed by atoms with E-state index in [4.69, 9.17) is 0 Å². The van der Waals surface area contributed by atoms with Gasteiger partial charge < -0.3 is 0 Å². The summed E-state index contributed by atoms with van der Waals surface area (Å²) in [6, 6.07) is 18.4. The highest BCUT2D eigenvalue weighted by Gasteiger charge is 2.17. The van der Waals surface area contributed by atoms with Gasteiger partial charge in [-0.15, -0.1) is 0 Å². The molecule has 0 saturated heterocycles. The third-order valence-electron chi connectivity index (χ3n) is 4.30. The predicted molar refractivity (Wildman–Crippen MR) is 115 cm³/mol. The molecule has 0 aliphatic heterocycles. The number of sulfonamides is 1. The van der Waals surface area contributed by atoms with Gasteiger partial charge in [-0.05, 0) is 55.0 Å². The van der Waals surface area contributed by atoms with Crippen molar-refractivity contribution in [2.24, 2.45) is 0 Å². The number of aryl methyl sites for hydroxylation is 1. The predicted octanol–water partition coefficient (Wildman–Crippen LogP) is 4.60. The molecule has 8 heteroatoms. The minimum absolute atomic E-state index is 0.0469. The summed E-state index contributed by atoms with van der Waals surface area (Å²) in [7, 11) is -3.86. The molecule has 0 aliphatic rings. The first-order valence-corrected chi connectivity index (χ1v) is 10.4. The lowest BCUT2D eigenvalue weighted by molar-refractivity contribution is -0.384. The van der Waals surface area contributed by atoms with Crippen LogP contribution in [0.25, 0.3) is 6.08 Å². The van der Waals surface area contributed by atoms with Gasteiger partial charge >= 0.3 is 0 Å². The minimum atomic E-state index is -3.86. The first-order chi connectivity index (χ1) is 14.3. The molecule has 0 aromatic heterocycles. The van der Waals surface area contributed by atoms with Crippen LogP contribution in [0.5, 0.6) is 0 Å². The Hall–Kier alpha value is -3.78. The van der Waals surface area contributed by atoms with Crippen molar-refractivity contribution < 1.29 is 18.1 Å². The Morgan fingerprint density at radius 1 is 0.967 bits per heavy atom. The second-order valence-electron chi connectivity index (χ2n) is 6.51. The number of carbonyl (C=O) groups is 1. The summed E-state index contributed by atoms with van der Waals surface area (Å²) in [5, 5.41) is 10.7. The van der Waals surface area contributed by atoms with E-state index in [1.54, 1.807) is 24.3 Å². The van der Waals surface area contributed by atoms with Gasteiger partial charge in [-0.25, -0.2) is 8.42 Å². The Balaban J connectivity index is 1.82. The lowest BCUT2D eigenvalue weighted by atomic mass is 10.1. The number of ketones is 1. The Morgan fingerprint density at radius 3 is 2.23 bits per heavy atom. The van der Waals surface area contributed by atoms with Crippen molar-refractivity contribution in [1.82, 2.24) is 0 Å². The number of nitrogens with one attached hydrogen (secondary N) is 1. The number of allylic oxidation sites excluding steroid dienone is 1. The Kier molecular flexibility index (Phi) is 6.08. The normalized spacial score (nSPS) is 11.4. The molecular formula is C22H18N2O5S. The van der Waals surface area contributed by atoms with E-state index in [0.717, 1.165) is 5.56 Å². The first-order valence-electron chi connectivity index (χ1n) is 8.92. The van der Waals surface area contributed by atoms with E-state index in [2.05, 4.69) is 4.72 Å². The van der Waals surface area contributed by atoms with Crippen LogP contribution in [0.1, 0.15) is 21.5 Å². The maximum absolute atomic E-state index is 12.7.